The molecule has 7 heteroatoms. The first-order chi connectivity index (χ1) is 10.8. The molecule has 0 aliphatic heterocycles. The summed E-state index contributed by atoms with van der Waals surface area (Å²) in [4.78, 5) is 22.9. The standard InChI is InChI=1S/C16H17F2N3O2/c17-16(18,6-5-13(22)21-15(10-19)7-8-15)9-11-3-1-2-4-12(11)14(20)23/h1-4H,5-9H2,(H2,20,23)(H,21,22). The molecule has 0 bridgehead atoms. The van der Waals surface area contributed by atoms with Gasteiger partial charge in [0.25, 0.3) is 5.92 Å². The molecule has 0 spiro atoms. The van der Waals surface area contributed by atoms with Crippen LogP contribution in [0.4, 0.5) is 8.78 Å². The minimum Gasteiger partial charge on any atom is -0.366 e. The molecule has 1 saturated carbocycles. The second-order valence-electron chi connectivity index (χ2n) is 5.80. The van der Waals surface area contributed by atoms with Gasteiger partial charge in [-0.3, -0.25) is 9.59 Å². The van der Waals surface area contributed by atoms with Crippen LogP contribution >= 0.6 is 0 Å². The van der Waals surface area contributed by atoms with Gasteiger partial charge in [0.05, 0.1) is 6.07 Å². The molecule has 0 aromatic heterocycles. The largest absolute Gasteiger partial charge is 0.366 e. The number of nitrogens with two attached hydrogens (primary N) is 1. The molecule has 3 N–H and O–H groups in total. The lowest BCUT2D eigenvalue weighted by Gasteiger charge is -2.18. The number of hydrogen-bond acceptors (Lipinski definition) is 3. The van der Waals surface area contributed by atoms with Crippen molar-refractivity contribution in [3.8, 4) is 6.07 Å². The molecule has 5 nitrogen and oxygen atoms in total. The normalized spacial score (nSPS) is 15.5. The van der Waals surface area contributed by atoms with E-state index < -0.39 is 36.1 Å². The third-order valence-corrected chi connectivity index (χ3v) is 3.79. The number of nitriles is 1. The number of amides is 2. The van der Waals surface area contributed by atoms with Gasteiger partial charge in [0.15, 0.2) is 0 Å². The van der Waals surface area contributed by atoms with E-state index in [-0.39, 0.29) is 17.5 Å². The van der Waals surface area contributed by atoms with Crippen LogP contribution in [0.1, 0.15) is 41.6 Å². The van der Waals surface area contributed by atoms with Crippen molar-refractivity contribution in [2.45, 2.75) is 43.6 Å². The van der Waals surface area contributed by atoms with Crippen LogP contribution in [0.3, 0.4) is 0 Å². The molecule has 1 aliphatic rings. The van der Waals surface area contributed by atoms with Crippen molar-refractivity contribution >= 4 is 11.8 Å². The maximum absolute atomic E-state index is 14.0. The average molecular weight is 321 g/mol. The number of primary amides is 1. The molecular formula is C16H17F2N3O2. The summed E-state index contributed by atoms with van der Waals surface area (Å²) in [6.45, 7) is 0. The summed E-state index contributed by atoms with van der Waals surface area (Å²) in [5.41, 5.74) is 4.52. The number of nitrogens with one attached hydrogen (secondary N) is 1. The first-order valence-electron chi connectivity index (χ1n) is 7.25. The van der Waals surface area contributed by atoms with Crippen molar-refractivity contribution in [1.82, 2.24) is 5.32 Å². The highest BCUT2D eigenvalue weighted by atomic mass is 19.3. The molecule has 1 aliphatic carbocycles. The topological polar surface area (TPSA) is 96.0 Å². The van der Waals surface area contributed by atoms with Crippen LogP contribution in [0, 0.1) is 11.3 Å². The van der Waals surface area contributed by atoms with E-state index in [1.807, 2.05) is 6.07 Å². The number of hydrogen-bond donors (Lipinski definition) is 2. The fraction of sp³-hybridized carbons (Fsp3) is 0.438. The summed E-state index contributed by atoms with van der Waals surface area (Å²) in [6.07, 6.45) is -0.597. The lowest BCUT2D eigenvalue weighted by atomic mass is 9.98. The predicted octanol–water partition coefficient (Wildman–Crippen LogP) is 1.92. The summed E-state index contributed by atoms with van der Waals surface area (Å²) in [5.74, 6) is -4.47. The Bertz CT molecular complexity index is 664. The van der Waals surface area contributed by atoms with Gasteiger partial charge in [-0.2, -0.15) is 5.26 Å². The highest BCUT2D eigenvalue weighted by molar-refractivity contribution is 5.94. The molecule has 2 amide bonds. The molecule has 23 heavy (non-hydrogen) atoms. The predicted molar refractivity (Wildman–Crippen MR) is 78.6 cm³/mol. The van der Waals surface area contributed by atoms with Crippen molar-refractivity contribution < 1.29 is 18.4 Å². The van der Waals surface area contributed by atoms with Gasteiger partial charge in [-0.15, -0.1) is 0 Å². The van der Waals surface area contributed by atoms with Crippen molar-refractivity contribution in [2.75, 3.05) is 0 Å². The fourth-order valence-corrected chi connectivity index (χ4v) is 2.30. The van der Waals surface area contributed by atoms with Crippen LogP contribution in [0.5, 0.6) is 0 Å². The Labute approximate surface area is 132 Å². The second kappa shape index (κ2) is 6.32. The molecule has 122 valence electrons. The molecule has 0 heterocycles. The summed E-state index contributed by atoms with van der Waals surface area (Å²) in [7, 11) is 0. The van der Waals surface area contributed by atoms with Crippen molar-refractivity contribution in [1.29, 1.82) is 5.26 Å². The van der Waals surface area contributed by atoms with Crippen molar-refractivity contribution in [3.05, 3.63) is 35.4 Å². The fourth-order valence-electron chi connectivity index (χ4n) is 2.30. The SMILES string of the molecule is N#CC1(NC(=O)CCC(F)(F)Cc2ccccc2C(N)=O)CC1. The number of carbonyl (C=O) groups is 2. The van der Waals surface area contributed by atoms with E-state index in [0.29, 0.717) is 12.8 Å². The minimum absolute atomic E-state index is 0.0537. The monoisotopic (exact) mass is 321 g/mol. The molecule has 0 unspecified atom stereocenters. The van der Waals surface area contributed by atoms with Crippen LogP contribution in [0.25, 0.3) is 0 Å². The van der Waals surface area contributed by atoms with Gasteiger partial charge in [0.1, 0.15) is 5.54 Å². The maximum atomic E-state index is 14.0. The lowest BCUT2D eigenvalue weighted by molar-refractivity contribution is -0.123. The zero-order valence-electron chi connectivity index (χ0n) is 12.4. The average Bonchev–Trinajstić information content (AvgIpc) is 3.25. The third kappa shape index (κ3) is 4.49. The zero-order valence-corrected chi connectivity index (χ0v) is 12.4. The van der Waals surface area contributed by atoms with E-state index in [9.17, 15) is 18.4 Å². The van der Waals surface area contributed by atoms with E-state index in [0.717, 1.165) is 0 Å². The molecule has 1 fully saturated rings. The lowest BCUT2D eigenvalue weighted by Crippen LogP contribution is -2.36. The summed E-state index contributed by atoms with van der Waals surface area (Å²) >= 11 is 0. The number of halogens is 2. The number of alkyl halides is 2. The number of benzene rings is 1. The smallest absolute Gasteiger partial charge is 0.252 e. The van der Waals surface area contributed by atoms with E-state index in [4.69, 9.17) is 11.0 Å². The van der Waals surface area contributed by atoms with Crippen LogP contribution in [0.15, 0.2) is 24.3 Å². The van der Waals surface area contributed by atoms with Gasteiger partial charge in [-0.1, -0.05) is 18.2 Å². The van der Waals surface area contributed by atoms with E-state index in [1.54, 1.807) is 12.1 Å². The number of rotatable bonds is 7. The second-order valence-corrected chi connectivity index (χ2v) is 5.80. The van der Waals surface area contributed by atoms with E-state index in [1.165, 1.54) is 12.1 Å². The minimum atomic E-state index is -3.15. The highest BCUT2D eigenvalue weighted by Crippen LogP contribution is 2.34. The summed E-state index contributed by atoms with van der Waals surface area (Å²) in [5, 5.41) is 11.3. The van der Waals surface area contributed by atoms with E-state index in [2.05, 4.69) is 5.32 Å². The van der Waals surface area contributed by atoms with Gasteiger partial charge in [-0.25, -0.2) is 8.78 Å². The summed E-state index contributed by atoms with van der Waals surface area (Å²) < 4.78 is 28.1. The molecule has 0 radical (unpaired) electrons. The van der Waals surface area contributed by atoms with Crippen LogP contribution < -0.4 is 11.1 Å². The Kier molecular flexibility index (Phi) is 4.64. The molecule has 2 rings (SSSR count). The number of nitrogens with zero attached hydrogens (tertiary/aromatic N) is 1. The van der Waals surface area contributed by atoms with Gasteiger partial charge in [0, 0.05) is 24.8 Å². The van der Waals surface area contributed by atoms with Crippen molar-refractivity contribution in [2.24, 2.45) is 5.73 Å². The van der Waals surface area contributed by atoms with Crippen LogP contribution in [-0.4, -0.2) is 23.3 Å². The Morgan fingerprint density at radius 1 is 1.35 bits per heavy atom. The molecule has 0 atom stereocenters. The third-order valence-electron chi connectivity index (χ3n) is 3.79. The Morgan fingerprint density at radius 3 is 2.57 bits per heavy atom. The molecule has 0 saturated heterocycles. The Balaban J connectivity index is 1.93. The van der Waals surface area contributed by atoms with Gasteiger partial charge < -0.3 is 11.1 Å². The Hall–Kier alpha value is -2.49. The van der Waals surface area contributed by atoms with Crippen molar-refractivity contribution in [3.63, 3.8) is 0 Å². The first-order valence-corrected chi connectivity index (χ1v) is 7.25. The van der Waals surface area contributed by atoms with Gasteiger partial charge >= 0.3 is 0 Å². The van der Waals surface area contributed by atoms with Crippen LogP contribution in [-0.2, 0) is 11.2 Å². The molecule has 1 aromatic carbocycles. The van der Waals surface area contributed by atoms with Gasteiger partial charge in [-0.05, 0) is 24.5 Å². The summed E-state index contributed by atoms with van der Waals surface area (Å²) in [6, 6.07) is 7.88. The quantitative estimate of drug-likeness (QED) is 0.803. The Morgan fingerprint density at radius 2 is 2.00 bits per heavy atom. The van der Waals surface area contributed by atoms with Gasteiger partial charge in [0.2, 0.25) is 11.8 Å². The highest BCUT2D eigenvalue weighted by Gasteiger charge is 2.44. The van der Waals surface area contributed by atoms with E-state index >= 15 is 0 Å². The van der Waals surface area contributed by atoms with Crippen LogP contribution in [0.2, 0.25) is 0 Å². The molecule has 1 aromatic rings. The zero-order chi connectivity index (χ0) is 17.1. The number of carbonyl (C=O) groups excluding carboxylic acids is 2. The molecular weight excluding hydrogens is 304 g/mol. The first kappa shape index (κ1) is 16.9. The maximum Gasteiger partial charge on any atom is 0.252 e.